The molecule has 1 atom stereocenters. The van der Waals surface area contributed by atoms with E-state index in [1.54, 1.807) is 0 Å². The summed E-state index contributed by atoms with van der Waals surface area (Å²) in [6, 6.07) is 10.0. The number of nitrogens with zero attached hydrogens (tertiary/aromatic N) is 1. The normalized spacial score (nSPS) is 20.6. The van der Waals surface area contributed by atoms with Gasteiger partial charge in [0, 0.05) is 13.1 Å². The molecule has 0 spiro atoms. The third-order valence-corrected chi connectivity index (χ3v) is 5.06. The predicted molar refractivity (Wildman–Crippen MR) is 103 cm³/mol. The van der Waals surface area contributed by atoms with Crippen LogP contribution in [0.3, 0.4) is 0 Å². The number of allylic oxidation sites excluding steroid dienone is 1. The molecule has 0 unspecified atom stereocenters. The average Bonchev–Trinajstić information content (AvgIpc) is 2.63. The molecule has 5 heteroatoms. The van der Waals surface area contributed by atoms with Crippen molar-refractivity contribution in [2.24, 2.45) is 5.41 Å². The van der Waals surface area contributed by atoms with Crippen molar-refractivity contribution in [1.29, 1.82) is 0 Å². The van der Waals surface area contributed by atoms with Crippen molar-refractivity contribution < 1.29 is 14.3 Å². The van der Waals surface area contributed by atoms with Crippen molar-refractivity contribution in [3.63, 3.8) is 0 Å². The first-order valence-corrected chi connectivity index (χ1v) is 10.2. The highest BCUT2D eigenvalue weighted by molar-refractivity contribution is 7.99. The van der Waals surface area contributed by atoms with Crippen LogP contribution >= 0.6 is 11.8 Å². The fourth-order valence-corrected chi connectivity index (χ4v) is 3.67. The van der Waals surface area contributed by atoms with Gasteiger partial charge in [0.2, 0.25) is 5.91 Å². The molecular weight excluding hydrogens is 334 g/mol. The first kappa shape index (κ1) is 19.6. The number of piperidine rings is 1. The summed E-state index contributed by atoms with van der Waals surface area (Å²) in [6.07, 6.45) is 8.16. The molecular formula is C20H27NO3S. The van der Waals surface area contributed by atoms with E-state index in [1.165, 1.54) is 11.8 Å². The number of thioether (sulfide) groups is 1. The first-order valence-electron chi connectivity index (χ1n) is 8.77. The Morgan fingerprint density at radius 2 is 2.08 bits per heavy atom. The van der Waals surface area contributed by atoms with Crippen LogP contribution in [0.2, 0.25) is 0 Å². The van der Waals surface area contributed by atoms with Crippen LogP contribution in [-0.2, 0) is 14.3 Å². The average molecular weight is 362 g/mol. The van der Waals surface area contributed by atoms with Gasteiger partial charge in [-0.15, -0.1) is 0 Å². The fraction of sp³-hybridized carbons (Fsp3) is 0.500. The van der Waals surface area contributed by atoms with Gasteiger partial charge in [-0.2, -0.15) is 11.8 Å². The number of benzene rings is 1. The molecule has 136 valence electrons. The van der Waals surface area contributed by atoms with Crippen molar-refractivity contribution in [2.45, 2.75) is 26.2 Å². The highest BCUT2D eigenvalue weighted by Crippen LogP contribution is 2.36. The number of likely N-dealkylation sites (tertiary alicyclic amines) is 1. The van der Waals surface area contributed by atoms with Gasteiger partial charge < -0.3 is 9.64 Å². The molecule has 0 aliphatic carbocycles. The summed E-state index contributed by atoms with van der Waals surface area (Å²) in [6.45, 7) is 3.36. The molecule has 0 N–H and O–H groups in total. The highest BCUT2D eigenvalue weighted by atomic mass is 32.2. The summed E-state index contributed by atoms with van der Waals surface area (Å²) in [5.41, 5.74) is 0.473. The Labute approximate surface area is 154 Å². The molecule has 1 aromatic carbocycles. The van der Waals surface area contributed by atoms with E-state index in [0.717, 1.165) is 24.9 Å². The molecule has 0 bridgehead atoms. The van der Waals surface area contributed by atoms with Crippen molar-refractivity contribution in [3.8, 4) is 0 Å². The molecule has 1 amide bonds. The minimum atomic E-state index is -0.631. The van der Waals surface area contributed by atoms with Crippen LogP contribution in [-0.4, -0.2) is 48.5 Å². The number of carbonyl (C=O) groups is 2. The second-order valence-electron chi connectivity index (χ2n) is 6.37. The summed E-state index contributed by atoms with van der Waals surface area (Å²) in [5.74, 6) is 0.376. The topological polar surface area (TPSA) is 46.6 Å². The molecule has 0 aromatic heterocycles. The first-order chi connectivity index (χ1) is 12.1. The third kappa shape index (κ3) is 5.36. The number of hydrogen-bond donors (Lipinski definition) is 0. The van der Waals surface area contributed by atoms with Gasteiger partial charge in [0.05, 0.1) is 17.8 Å². The minimum absolute atomic E-state index is 0.105. The van der Waals surface area contributed by atoms with E-state index in [-0.39, 0.29) is 11.9 Å². The van der Waals surface area contributed by atoms with E-state index in [1.807, 2.05) is 60.6 Å². The van der Waals surface area contributed by atoms with E-state index in [0.29, 0.717) is 25.3 Å². The molecule has 1 fully saturated rings. The molecule has 1 saturated heterocycles. The zero-order valence-corrected chi connectivity index (χ0v) is 15.9. The Morgan fingerprint density at radius 3 is 2.76 bits per heavy atom. The molecule has 2 rings (SSSR count). The van der Waals surface area contributed by atoms with Crippen molar-refractivity contribution in [2.75, 3.05) is 31.7 Å². The molecule has 4 nitrogen and oxygen atoms in total. The van der Waals surface area contributed by atoms with Crippen LogP contribution in [0.5, 0.6) is 0 Å². The number of hydrogen-bond acceptors (Lipinski definition) is 4. The van der Waals surface area contributed by atoms with Gasteiger partial charge in [0.15, 0.2) is 0 Å². The maximum absolute atomic E-state index is 12.7. The molecule has 1 aromatic rings. The van der Waals surface area contributed by atoms with Crippen LogP contribution in [0.4, 0.5) is 0 Å². The standard InChI is InChI=1S/C20H27NO3S/c1-3-24-19(23)20(12-7-11-17-9-5-4-6-10-17)13-8-14-21(16-20)18(22)15-25-2/h4-7,9-11H,3,8,12-16H2,1-2H3/b11-7+/t20-/m0/s1. The van der Waals surface area contributed by atoms with E-state index in [2.05, 4.69) is 0 Å². The minimum Gasteiger partial charge on any atom is -0.466 e. The Kier molecular flexibility index (Phi) is 7.56. The Hall–Kier alpha value is -1.75. The molecule has 0 saturated carbocycles. The predicted octanol–water partition coefficient (Wildman–Crippen LogP) is 3.62. The van der Waals surface area contributed by atoms with E-state index in [4.69, 9.17) is 4.74 Å². The number of esters is 1. The van der Waals surface area contributed by atoms with Crippen molar-refractivity contribution in [1.82, 2.24) is 4.90 Å². The largest absolute Gasteiger partial charge is 0.466 e. The van der Waals surface area contributed by atoms with Crippen LogP contribution in [0.1, 0.15) is 31.7 Å². The second-order valence-corrected chi connectivity index (χ2v) is 7.24. The van der Waals surface area contributed by atoms with Crippen LogP contribution in [0.15, 0.2) is 36.4 Å². The number of carbonyl (C=O) groups excluding carboxylic acids is 2. The molecule has 1 heterocycles. The van der Waals surface area contributed by atoms with Crippen molar-refractivity contribution in [3.05, 3.63) is 42.0 Å². The maximum atomic E-state index is 12.7. The summed E-state index contributed by atoms with van der Waals surface area (Å²) in [7, 11) is 0. The summed E-state index contributed by atoms with van der Waals surface area (Å²) in [5, 5.41) is 0. The molecule has 1 aliphatic heterocycles. The van der Waals surface area contributed by atoms with Crippen LogP contribution in [0, 0.1) is 5.41 Å². The second kappa shape index (κ2) is 9.66. The van der Waals surface area contributed by atoms with Crippen LogP contribution < -0.4 is 0 Å². The van der Waals surface area contributed by atoms with Gasteiger partial charge in [-0.05, 0) is 38.0 Å². The van der Waals surface area contributed by atoms with E-state index < -0.39 is 5.41 Å². The lowest BCUT2D eigenvalue weighted by molar-refractivity contribution is -0.160. The van der Waals surface area contributed by atoms with Gasteiger partial charge >= 0.3 is 5.97 Å². The fourth-order valence-electron chi connectivity index (χ4n) is 3.24. The van der Waals surface area contributed by atoms with Gasteiger partial charge in [0.25, 0.3) is 0 Å². The SMILES string of the molecule is CCOC(=O)[C@@]1(C/C=C/c2ccccc2)CCCN(C(=O)CSC)C1. The zero-order valence-electron chi connectivity index (χ0n) is 15.1. The molecule has 1 aliphatic rings. The molecule has 25 heavy (non-hydrogen) atoms. The number of amides is 1. The van der Waals surface area contributed by atoms with Crippen LogP contribution in [0.25, 0.3) is 6.08 Å². The molecule has 0 radical (unpaired) electrons. The van der Waals surface area contributed by atoms with E-state index in [9.17, 15) is 9.59 Å². The highest BCUT2D eigenvalue weighted by Gasteiger charge is 2.43. The van der Waals surface area contributed by atoms with Gasteiger partial charge in [0.1, 0.15) is 0 Å². The monoisotopic (exact) mass is 361 g/mol. The number of rotatable bonds is 7. The Balaban J connectivity index is 2.14. The summed E-state index contributed by atoms with van der Waals surface area (Å²) in [4.78, 5) is 26.8. The number of ether oxygens (including phenoxy) is 1. The van der Waals surface area contributed by atoms with Gasteiger partial charge in [-0.3, -0.25) is 9.59 Å². The quantitative estimate of drug-likeness (QED) is 0.696. The summed E-state index contributed by atoms with van der Waals surface area (Å²) < 4.78 is 5.36. The van der Waals surface area contributed by atoms with Gasteiger partial charge in [-0.1, -0.05) is 42.5 Å². The lowest BCUT2D eigenvalue weighted by Gasteiger charge is -2.40. The Bertz CT molecular complexity index is 602. The lowest BCUT2D eigenvalue weighted by Crippen LogP contribution is -2.50. The smallest absolute Gasteiger partial charge is 0.314 e. The van der Waals surface area contributed by atoms with Gasteiger partial charge in [-0.25, -0.2) is 0 Å². The third-order valence-electron chi connectivity index (χ3n) is 4.52. The Morgan fingerprint density at radius 1 is 1.32 bits per heavy atom. The lowest BCUT2D eigenvalue weighted by atomic mass is 9.76. The maximum Gasteiger partial charge on any atom is 0.314 e. The van der Waals surface area contributed by atoms with E-state index >= 15 is 0 Å². The van der Waals surface area contributed by atoms with Crippen molar-refractivity contribution >= 4 is 29.7 Å². The zero-order chi connectivity index (χ0) is 18.1. The summed E-state index contributed by atoms with van der Waals surface area (Å²) >= 11 is 1.52.